The molecule has 1 fully saturated rings. The molecule has 31 heavy (non-hydrogen) atoms. The minimum atomic E-state index is -1.07. The van der Waals surface area contributed by atoms with Crippen molar-refractivity contribution in [3.63, 3.8) is 0 Å². The molecule has 1 amide bonds. The van der Waals surface area contributed by atoms with Crippen LogP contribution in [0, 0.1) is 0 Å². The third-order valence-corrected chi connectivity index (χ3v) is 4.24. The van der Waals surface area contributed by atoms with Crippen molar-refractivity contribution in [1.82, 2.24) is 9.88 Å². The fourth-order valence-electron chi connectivity index (χ4n) is 2.59. The van der Waals surface area contributed by atoms with Crippen LogP contribution in [-0.2, 0) is 19.0 Å². The average molecular weight is 437 g/mol. The minimum absolute atomic E-state index is 0.0188. The van der Waals surface area contributed by atoms with Crippen LogP contribution in [0.25, 0.3) is 0 Å². The van der Waals surface area contributed by atoms with Crippen LogP contribution in [0.5, 0.6) is 0 Å². The number of hydrogen-bond acceptors (Lipinski definition) is 8. The number of aromatic nitrogens is 1. The maximum atomic E-state index is 12.0. The summed E-state index contributed by atoms with van der Waals surface area (Å²) >= 11 is 0. The van der Waals surface area contributed by atoms with Crippen LogP contribution in [0.2, 0.25) is 0 Å². The van der Waals surface area contributed by atoms with Crippen molar-refractivity contribution in [3.05, 3.63) is 29.6 Å². The summed E-state index contributed by atoms with van der Waals surface area (Å²) in [7, 11) is 1.62. The minimum Gasteiger partial charge on any atom is -0.478 e. The Morgan fingerprint density at radius 3 is 2.77 bits per heavy atom. The van der Waals surface area contributed by atoms with Crippen LogP contribution >= 0.6 is 0 Å². The summed E-state index contributed by atoms with van der Waals surface area (Å²) in [5.41, 5.74) is 0.162. The van der Waals surface area contributed by atoms with Gasteiger partial charge in [0.2, 0.25) is 6.29 Å². The van der Waals surface area contributed by atoms with E-state index in [1.165, 1.54) is 23.2 Å². The first-order valence-electron chi connectivity index (χ1n) is 10.2. The van der Waals surface area contributed by atoms with Gasteiger partial charge in [-0.05, 0) is 45.7 Å². The molecule has 1 unspecified atom stereocenters. The first-order valence-corrected chi connectivity index (χ1v) is 10.2. The smallest absolute Gasteiger partial charge is 0.410 e. The Morgan fingerprint density at radius 2 is 2.13 bits per heavy atom. The van der Waals surface area contributed by atoms with Crippen molar-refractivity contribution in [1.29, 1.82) is 0 Å². The Kier molecular flexibility index (Phi) is 9.20. The van der Waals surface area contributed by atoms with Crippen LogP contribution in [0.3, 0.4) is 0 Å². The van der Waals surface area contributed by atoms with E-state index in [2.05, 4.69) is 10.1 Å². The summed E-state index contributed by atoms with van der Waals surface area (Å²) < 4.78 is 16.5. The fourth-order valence-corrected chi connectivity index (χ4v) is 2.59. The number of oxime groups is 1. The van der Waals surface area contributed by atoms with Gasteiger partial charge >= 0.3 is 12.1 Å². The lowest BCUT2D eigenvalue weighted by Crippen LogP contribution is -2.36. The Hall–Kier alpha value is -2.72. The molecule has 0 saturated carbocycles. The number of ether oxygens (including phenoxy) is 3. The summed E-state index contributed by atoms with van der Waals surface area (Å²) in [6.45, 7) is 6.54. The zero-order valence-corrected chi connectivity index (χ0v) is 18.5. The topological polar surface area (TPSA) is 120 Å². The van der Waals surface area contributed by atoms with Gasteiger partial charge in [0.1, 0.15) is 11.3 Å². The molecule has 1 aliphatic rings. The number of amides is 1. The molecule has 0 spiro atoms. The lowest BCUT2D eigenvalue weighted by molar-refractivity contribution is -0.162. The van der Waals surface area contributed by atoms with Gasteiger partial charge in [-0.15, -0.1) is 0 Å². The normalized spacial score (nSPS) is 17.2. The molecule has 1 aliphatic heterocycles. The number of carboxylic acid groups (broad SMARTS) is 1. The van der Waals surface area contributed by atoms with Gasteiger partial charge in [-0.2, -0.15) is 0 Å². The molecule has 0 bridgehead atoms. The maximum Gasteiger partial charge on any atom is 0.410 e. The highest BCUT2D eigenvalue weighted by molar-refractivity contribution is 6.01. The fraction of sp³-hybridized carbons (Fsp3) is 0.619. The third-order valence-electron chi connectivity index (χ3n) is 4.24. The Labute approximate surface area is 182 Å². The first kappa shape index (κ1) is 24.5. The van der Waals surface area contributed by atoms with Crippen molar-refractivity contribution < 1.29 is 33.7 Å². The molecular formula is C21H31N3O7. The molecule has 0 aliphatic carbocycles. The van der Waals surface area contributed by atoms with Gasteiger partial charge in [-0.1, -0.05) is 5.16 Å². The number of pyridine rings is 1. The van der Waals surface area contributed by atoms with E-state index in [0.717, 1.165) is 19.3 Å². The van der Waals surface area contributed by atoms with Crippen molar-refractivity contribution in [2.45, 2.75) is 51.9 Å². The molecule has 172 valence electrons. The highest BCUT2D eigenvalue weighted by Crippen LogP contribution is 2.15. The quantitative estimate of drug-likeness (QED) is 0.356. The zero-order chi connectivity index (χ0) is 22.9. The number of carbonyl (C=O) groups is 2. The monoisotopic (exact) mass is 437 g/mol. The second-order valence-corrected chi connectivity index (χ2v) is 8.13. The second-order valence-electron chi connectivity index (χ2n) is 8.13. The molecule has 1 aromatic rings. The summed E-state index contributed by atoms with van der Waals surface area (Å²) in [5.74, 6) is -1.07. The van der Waals surface area contributed by atoms with Gasteiger partial charge in [-0.25, -0.2) is 9.59 Å². The van der Waals surface area contributed by atoms with E-state index < -0.39 is 24.0 Å². The van der Waals surface area contributed by atoms with E-state index in [4.69, 9.17) is 19.0 Å². The number of nitrogens with zero attached hydrogens (tertiary/aromatic N) is 3. The summed E-state index contributed by atoms with van der Waals surface area (Å²) in [4.78, 5) is 34.4. The molecule has 2 heterocycles. The lowest BCUT2D eigenvalue weighted by Gasteiger charge is -2.24. The predicted octanol–water partition coefficient (Wildman–Crippen LogP) is 2.91. The van der Waals surface area contributed by atoms with Crippen LogP contribution in [0.4, 0.5) is 4.79 Å². The Balaban J connectivity index is 1.98. The van der Waals surface area contributed by atoms with E-state index in [1.54, 1.807) is 27.8 Å². The van der Waals surface area contributed by atoms with Crippen molar-refractivity contribution in [2.75, 3.05) is 33.4 Å². The molecule has 10 nitrogen and oxygen atoms in total. The summed E-state index contributed by atoms with van der Waals surface area (Å²) in [6.07, 6.45) is 3.17. The maximum absolute atomic E-state index is 12.0. The standard InChI is InChI=1S/C21H31N3O7/c1-21(2,3)30-20(27)24(4)10-12-28-14-17(23-31-18-7-5-6-11-29-18)16-13-15(19(25)26)8-9-22-16/h8-9,13,18H,5-7,10-12,14H2,1-4H3,(H,25,26)/b23-17+. The van der Waals surface area contributed by atoms with Gasteiger partial charge in [0.05, 0.1) is 31.1 Å². The van der Waals surface area contributed by atoms with E-state index >= 15 is 0 Å². The van der Waals surface area contributed by atoms with E-state index in [9.17, 15) is 14.7 Å². The van der Waals surface area contributed by atoms with Gasteiger partial charge in [0.25, 0.3) is 0 Å². The number of carboxylic acids is 1. The largest absolute Gasteiger partial charge is 0.478 e. The highest BCUT2D eigenvalue weighted by atomic mass is 16.8. The molecule has 0 aromatic carbocycles. The van der Waals surface area contributed by atoms with Crippen LogP contribution < -0.4 is 0 Å². The molecule has 1 N–H and O–H groups in total. The SMILES string of the molecule is CN(CCOC/C(=N\OC1CCCCO1)c1cc(C(=O)O)ccn1)C(=O)OC(C)(C)C. The Morgan fingerprint density at radius 1 is 1.35 bits per heavy atom. The van der Waals surface area contributed by atoms with E-state index in [1.807, 2.05) is 0 Å². The number of aromatic carboxylic acids is 1. The van der Waals surface area contributed by atoms with Crippen LogP contribution in [0.15, 0.2) is 23.5 Å². The van der Waals surface area contributed by atoms with Gasteiger partial charge in [0.15, 0.2) is 0 Å². The van der Waals surface area contributed by atoms with Crippen LogP contribution in [-0.4, -0.2) is 78.1 Å². The number of rotatable bonds is 9. The van der Waals surface area contributed by atoms with Gasteiger partial charge in [0, 0.05) is 26.2 Å². The van der Waals surface area contributed by atoms with Crippen molar-refractivity contribution >= 4 is 17.8 Å². The third kappa shape index (κ3) is 8.89. The number of hydrogen-bond donors (Lipinski definition) is 1. The molecule has 10 heteroatoms. The number of carbonyl (C=O) groups excluding carboxylic acids is 1. The van der Waals surface area contributed by atoms with Crippen molar-refractivity contribution in [3.8, 4) is 0 Å². The predicted molar refractivity (Wildman–Crippen MR) is 112 cm³/mol. The van der Waals surface area contributed by atoms with E-state index in [0.29, 0.717) is 24.6 Å². The lowest BCUT2D eigenvalue weighted by atomic mass is 10.2. The van der Waals surface area contributed by atoms with E-state index in [-0.39, 0.29) is 18.8 Å². The van der Waals surface area contributed by atoms with Gasteiger partial charge < -0.3 is 29.1 Å². The first-order chi connectivity index (χ1) is 14.7. The van der Waals surface area contributed by atoms with Crippen molar-refractivity contribution in [2.24, 2.45) is 5.16 Å². The molecule has 1 saturated heterocycles. The number of likely N-dealkylation sites (N-methyl/N-ethyl adjacent to an activating group) is 1. The molecule has 1 aromatic heterocycles. The second kappa shape index (κ2) is 11.6. The highest BCUT2D eigenvalue weighted by Gasteiger charge is 2.20. The molecule has 0 radical (unpaired) electrons. The Bertz CT molecular complexity index is 770. The summed E-state index contributed by atoms with van der Waals surface area (Å²) in [5, 5.41) is 13.4. The molecule has 2 rings (SSSR count). The zero-order valence-electron chi connectivity index (χ0n) is 18.5. The van der Waals surface area contributed by atoms with Crippen LogP contribution in [0.1, 0.15) is 56.1 Å². The molecular weight excluding hydrogens is 406 g/mol. The summed E-state index contributed by atoms with van der Waals surface area (Å²) in [6, 6.07) is 2.80. The van der Waals surface area contributed by atoms with Gasteiger partial charge in [-0.3, -0.25) is 4.98 Å². The molecule has 1 atom stereocenters. The average Bonchev–Trinajstić information content (AvgIpc) is 2.72.